The maximum Gasteiger partial charge on any atom is 0.338 e. The van der Waals surface area contributed by atoms with Gasteiger partial charge < -0.3 is 19.5 Å². The molecule has 1 aliphatic heterocycles. The Kier molecular flexibility index (Phi) is 6.79. The molecule has 1 N–H and O–H groups in total. The van der Waals surface area contributed by atoms with E-state index in [1.54, 1.807) is 32.1 Å². The number of hydrogen-bond donors (Lipinski definition) is 1. The summed E-state index contributed by atoms with van der Waals surface area (Å²) in [7, 11) is 5.38. The molecule has 0 unspecified atom stereocenters. The third kappa shape index (κ3) is 4.59. The average molecular weight is 494 g/mol. The van der Waals surface area contributed by atoms with Crippen molar-refractivity contribution < 1.29 is 19.4 Å². The molecule has 4 rings (SSSR count). The summed E-state index contributed by atoms with van der Waals surface area (Å²) in [5.41, 5.74) is 3.12. The van der Waals surface area contributed by atoms with Gasteiger partial charge in [-0.15, -0.1) is 0 Å². The van der Waals surface area contributed by atoms with Crippen molar-refractivity contribution >= 4 is 34.8 Å². The first-order valence-corrected chi connectivity index (χ1v) is 11.9. The number of thiazole rings is 1. The molecule has 8 nitrogen and oxygen atoms in total. The molecule has 2 heterocycles. The van der Waals surface area contributed by atoms with Gasteiger partial charge in [0.15, 0.2) is 16.3 Å². The lowest BCUT2D eigenvalue weighted by Gasteiger charge is -2.23. The highest BCUT2D eigenvalue weighted by molar-refractivity contribution is 7.07. The molecule has 1 atom stereocenters. The second kappa shape index (κ2) is 9.79. The van der Waals surface area contributed by atoms with Gasteiger partial charge in [-0.2, -0.15) is 0 Å². The second-order valence-corrected chi connectivity index (χ2v) is 9.21. The number of fused-ring (bicyclic) bond motifs is 1. The molecule has 0 spiro atoms. The maximum atomic E-state index is 13.3. The topological polar surface area (TPSA) is 93.4 Å². The zero-order valence-corrected chi connectivity index (χ0v) is 21.0. The van der Waals surface area contributed by atoms with Crippen LogP contribution >= 0.6 is 11.3 Å². The molecule has 2 aromatic carbocycles. The van der Waals surface area contributed by atoms with E-state index in [0.717, 1.165) is 11.3 Å². The minimum atomic E-state index is -0.593. The number of hydrogen-bond acceptors (Lipinski definition) is 8. The lowest BCUT2D eigenvalue weighted by atomic mass is 9.96. The second-order valence-electron chi connectivity index (χ2n) is 8.20. The highest BCUT2D eigenvalue weighted by Gasteiger charge is 2.31. The van der Waals surface area contributed by atoms with Gasteiger partial charge in [0.1, 0.15) is 6.04 Å². The molecule has 1 aliphatic rings. The predicted molar refractivity (Wildman–Crippen MR) is 137 cm³/mol. The van der Waals surface area contributed by atoms with Crippen LogP contribution in [0.1, 0.15) is 31.0 Å². The lowest BCUT2D eigenvalue weighted by molar-refractivity contribution is -0.138. The summed E-state index contributed by atoms with van der Waals surface area (Å²) in [5, 5.41) is 9.86. The molecule has 0 bridgehead atoms. The van der Waals surface area contributed by atoms with Gasteiger partial charge in [-0.3, -0.25) is 9.36 Å². The number of rotatable bonds is 6. The van der Waals surface area contributed by atoms with Gasteiger partial charge in [0.05, 0.1) is 23.8 Å². The standard InChI is InChI=1S/C26H27N3O5S/c1-6-34-25(32)22-15(2)29-24(31)21(14-16-7-12-19(30)20(13-16)33-5)35-26(29)27-23(22)17-8-10-18(11-9-17)28(3)4/h7-14,23,30H,6H2,1-5H3/b21-14-/t23-/m1/s1. The molecule has 1 aromatic heterocycles. The number of methoxy groups -OCH3 is 1. The third-order valence-corrected chi connectivity index (χ3v) is 6.75. The Bertz CT molecular complexity index is 1480. The summed E-state index contributed by atoms with van der Waals surface area (Å²) in [6.45, 7) is 3.71. The first-order chi connectivity index (χ1) is 16.7. The van der Waals surface area contributed by atoms with Crippen LogP contribution in [0.15, 0.2) is 57.8 Å². The molecule has 0 saturated heterocycles. The lowest BCUT2D eigenvalue weighted by Crippen LogP contribution is -2.35. The first-order valence-electron chi connectivity index (χ1n) is 11.1. The number of esters is 1. The van der Waals surface area contributed by atoms with Crippen LogP contribution in [0.4, 0.5) is 5.69 Å². The van der Waals surface area contributed by atoms with E-state index in [4.69, 9.17) is 14.5 Å². The normalized spacial score (nSPS) is 15.5. The van der Waals surface area contributed by atoms with E-state index < -0.39 is 12.0 Å². The molecule has 0 fully saturated rings. The first kappa shape index (κ1) is 24.3. The largest absolute Gasteiger partial charge is 0.504 e. The minimum absolute atomic E-state index is 0.0165. The Balaban J connectivity index is 1.90. The fourth-order valence-corrected chi connectivity index (χ4v) is 4.99. The van der Waals surface area contributed by atoms with Gasteiger partial charge >= 0.3 is 5.97 Å². The number of phenolic OH excluding ortho intramolecular Hbond substituents is 1. The van der Waals surface area contributed by atoms with E-state index in [2.05, 4.69) is 0 Å². The number of allylic oxidation sites excluding steroid dienone is 1. The number of carbonyl (C=O) groups is 1. The number of ether oxygens (including phenoxy) is 2. The SMILES string of the molecule is CCOC(=O)C1=C(C)n2c(s/c(=C\c3ccc(O)c(OC)c3)c2=O)=N[C@@H]1c1ccc(N(C)C)cc1. The van der Waals surface area contributed by atoms with Gasteiger partial charge in [-0.25, -0.2) is 9.79 Å². The molecule has 0 aliphatic carbocycles. The van der Waals surface area contributed by atoms with Crippen molar-refractivity contribution in [3.63, 3.8) is 0 Å². The Morgan fingerprint density at radius 3 is 2.57 bits per heavy atom. The highest BCUT2D eigenvalue weighted by Crippen LogP contribution is 2.33. The summed E-state index contributed by atoms with van der Waals surface area (Å²) < 4.78 is 12.4. The van der Waals surface area contributed by atoms with Gasteiger partial charge in [0.2, 0.25) is 0 Å². The van der Waals surface area contributed by atoms with Crippen molar-refractivity contribution in [2.24, 2.45) is 4.99 Å². The Hall–Kier alpha value is -3.85. The highest BCUT2D eigenvalue weighted by atomic mass is 32.1. The number of nitrogens with zero attached hydrogens (tertiary/aromatic N) is 3. The van der Waals surface area contributed by atoms with Crippen LogP contribution < -0.4 is 24.5 Å². The monoisotopic (exact) mass is 493 g/mol. The van der Waals surface area contributed by atoms with Crippen molar-refractivity contribution in [1.29, 1.82) is 0 Å². The third-order valence-electron chi connectivity index (χ3n) is 5.77. The Morgan fingerprint density at radius 2 is 1.94 bits per heavy atom. The molecule has 0 radical (unpaired) electrons. The van der Waals surface area contributed by atoms with Gasteiger partial charge in [0.25, 0.3) is 5.56 Å². The van der Waals surface area contributed by atoms with Crippen LogP contribution in [0.25, 0.3) is 11.8 Å². The number of carbonyl (C=O) groups excluding carboxylic acids is 1. The van der Waals surface area contributed by atoms with Crippen LogP contribution in [-0.2, 0) is 9.53 Å². The molecule has 35 heavy (non-hydrogen) atoms. The van der Waals surface area contributed by atoms with Crippen molar-refractivity contribution in [1.82, 2.24) is 4.57 Å². The molecule has 0 saturated carbocycles. The number of aromatic hydroxyl groups is 1. The predicted octanol–water partition coefficient (Wildman–Crippen LogP) is 2.69. The van der Waals surface area contributed by atoms with E-state index in [1.807, 2.05) is 43.3 Å². The minimum Gasteiger partial charge on any atom is -0.504 e. The summed E-state index contributed by atoms with van der Waals surface area (Å²) in [5.74, 6) is -0.164. The summed E-state index contributed by atoms with van der Waals surface area (Å²) >= 11 is 1.24. The van der Waals surface area contributed by atoms with Crippen LogP contribution in [0.5, 0.6) is 11.5 Å². The maximum absolute atomic E-state index is 13.3. The molecule has 0 amide bonds. The fourth-order valence-electron chi connectivity index (χ4n) is 3.95. The summed E-state index contributed by atoms with van der Waals surface area (Å²) in [6.07, 6.45) is 1.72. The summed E-state index contributed by atoms with van der Waals surface area (Å²) in [6, 6.07) is 12.1. The van der Waals surface area contributed by atoms with Gasteiger partial charge in [-0.05, 0) is 55.3 Å². The molecule has 9 heteroatoms. The molecular formula is C26H27N3O5S. The number of benzene rings is 2. The fraction of sp³-hybridized carbons (Fsp3) is 0.269. The number of anilines is 1. The Morgan fingerprint density at radius 1 is 1.23 bits per heavy atom. The number of phenols is 1. The number of aromatic nitrogens is 1. The van der Waals surface area contributed by atoms with E-state index in [1.165, 1.54) is 29.1 Å². The van der Waals surface area contributed by atoms with Crippen LogP contribution in [0.3, 0.4) is 0 Å². The zero-order valence-electron chi connectivity index (χ0n) is 20.2. The van der Waals surface area contributed by atoms with Crippen LogP contribution in [0.2, 0.25) is 0 Å². The van der Waals surface area contributed by atoms with Crippen molar-refractivity contribution in [2.75, 3.05) is 32.7 Å². The van der Waals surface area contributed by atoms with Gasteiger partial charge in [0, 0.05) is 25.5 Å². The van der Waals surface area contributed by atoms with Crippen molar-refractivity contribution in [2.45, 2.75) is 19.9 Å². The average Bonchev–Trinajstić information content (AvgIpc) is 3.15. The van der Waals surface area contributed by atoms with Crippen LogP contribution in [-0.4, -0.2) is 43.5 Å². The van der Waals surface area contributed by atoms with E-state index in [0.29, 0.717) is 31.9 Å². The van der Waals surface area contributed by atoms with E-state index >= 15 is 0 Å². The quantitative estimate of drug-likeness (QED) is 0.531. The van der Waals surface area contributed by atoms with Gasteiger partial charge in [-0.1, -0.05) is 29.5 Å². The Labute approximate surface area is 206 Å². The van der Waals surface area contributed by atoms with Crippen LogP contribution in [0, 0.1) is 0 Å². The molecule has 182 valence electrons. The van der Waals surface area contributed by atoms with Crippen molar-refractivity contribution in [3.8, 4) is 11.5 Å². The molecular weight excluding hydrogens is 466 g/mol. The van der Waals surface area contributed by atoms with E-state index in [9.17, 15) is 14.7 Å². The molecule has 3 aromatic rings. The zero-order chi connectivity index (χ0) is 25.3. The summed E-state index contributed by atoms with van der Waals surface area (Å²) in [4.78, 5) is 33.6. The van der Waals surface area contributed by atoms with Crippen molar-refractivity contribution in [3.05, 3.63) is 78.9 Å². The van der Waals surface area contributed by atoms with E-state index in [-0.39, 0.29) is 17.9 Å². The smallest absolute Gasteiger partial charge is 0.338 e.